The Morgan fingerprint density at radius 3 is 2.33 bits per heavy atom. The van der Waals surface area contributed by atoms with Crippen LogP contribution in [0.5, 0.6) is 0 Å². The van der Waals surface area contributed by atoms with Crippen LogP contribution in [0.1, 0.15) is 20.8 Å². The molecular formula is C12H22N2O4. The first-order valence-electron chi connectivity index (χ1n) is 5.74. The van der Waals surface area contributed by atoms with E-state index in [-0.39, 0.29) is 19.7 Å². The third kappa shape index (κ3) is 5.18. The van der Waals surface area contributed by atoms with Crippen molar-refractivity contribution in [2.45, 2.75) is 26.8 Å². The number of hydrogen-bond acceptors (Lipinski definition) is 3. The molecule has 0 aromatic heterocycles. The molecule has 0 aliphatic rings. The molecule has 0 saturated heterocycles. The third-order valence-electron chi connectivity index (χ3n) is 2.39. The van der Waals surface area contributed by atoms with Crippen LogP contribution in [0.4, 0.5) is 4.79 Å². The number of carboxylic acid groups (broad SMARTS) is 1. The average Bonchev–Trinajstić information content (AvgIpc) is 2.23. The van der Waals surface area contributed by atoms with Crippen LogP contribution in [0.15, 0.2) is 12.7 Å². The number of carboxylic acids is 1. The normalized spacial score (nSPS) is 12.7. The lowest BCUT2D eigenvalue weighted by molar-refractivity contribution is -0.142. The summed E-state index contributed by atoms with van der Waals surface area (Å²) in [5, 5.41) is 20.4. The number of nitrogens with one attached hydrogen (secondary N) is 1. The predicted molar refractivity (Wildman–Crippen MR) is 68.3 cm³/mol. The number of aliphatic hydroxyl groups is 1. The van der Waals surface area contributed by atoms with E-state index in [1.807, 2.05) is 0 Å². The van der Waals surface area contributed by atoms with Crippen LogP contribution < -0.4 is 5.32 Å². The van der Waals surface area contributed by atoms with Crippen molar-refractivity contribution in [1.29, 1.82) is 0 Å². The number of amides is 2. The molecule has 0 heterocycles. The van der Waals surface area contributed by atoms with E-state index >= 15 is 0 Å². The lowest BCUT2D eigenvalue weighted by atomic mass is 9.87. The Bertz CT molecular complexity index is 310. The second-order valence-corrected chi connectivity index (χ2v) is 5.05. The molecule has 6 nitrogen and oxygen atoms in total. The van der Waals surface area contributed by atoms with Crippen molar-refractivity contribution in [3.63, 3.8) is 0 Å². The van der Waals surface area contributed by atoms with Crippen molar-refractivity contribution < 1.29 is 19.8 Å². The molecule has 0 fully saturated rings. The fraction of sp³-hybridized carbons (Fsp3) is 0.667. The summed E-state index contributed by atoms with van der Waals surface area (Å²) in [5.41, 5.74) is -0.597. The van der Waals surface area contributed by atoms with Crippen LogP contribution >= 0.6 is 0 Å². The average molecular weight is 258 g/mol. The SMILES string of the molecule is C=CCN(CCO)C(=O)N[C@H](C(=O)O)C(C)(C)C. The molecule has 0 aromatic rings. The molecule has 0 spiro atoms. The minimum atomic E-state index is -1.08. The fourth-order valence-electron chi connectivity index (χ4n) is 1.42. The highest BCUT2D eigenvalue weighted by molar-refractivity contribution is 5.83. The summed E-state index contributed by atoms with van der Waals surface area (Å²) in [4.78, 5) is 24.3. The minimum Gasteiger partial charge on any atom is -0.480 e. The molecular weight excluding hydrogens is 236 g/mol. The van der Waals surface area contributed by atoms with Gasteiger partial charge < -0.3 is 20.4 Å². The molecule has 1 atom stereocenters. The van der Waals surface area contributed by atoms with E-state index in [0.717, 1.165) is 0 Å². The number of rotatable bonds is 6. The van der Waals surface area contributed by atoms with Crippen LogP contribution in [0.2, 0.25) is 0 Å². The van der Waals surface area contributed by atoms with Crippen LogP contribution in [0.3, 0.4) is 0 Å². The second kappa shape index (κ2) is 7.00. The molecule has 0 bridgehead atoms. The highest BCUT2D eigenvalue weighted by Gasteiger charge is 2.33. The number of urea groups is 1. The van der Waals surface area contributed by atoms with Crippen LogP contribution in [-0.2, 0) is 4.79 Å². The van der Waals surface area contributed by atoms with Gasteiger partial charge in [0.1, 0.15) is 6.04 Å². The number of aliphatic carboxylic acids is 1. The van der Waals surface area contributed by atoms with E-state index in [2.05, 4.69) is 11.9 Å². The molecule has 6 heteroatoms. The van der Waals surface area contributed by atoms with Gasteiger partial charge in [0, 0.05) is 13.1 Å². The zero-order chi connectivity index (χ0) is 14.3. The smallest absolute Gasteiger partial charge is 0.326 e. The Hall–Kier alpha value is -1.56. The van der Waals surface area contributed by atoms with Crippen molar-refractivity contribution in [1.82, 2.24) is 10.2 Å². The second-order valence-electron chi connectivity index (χ2n) is 5.05. The number of carbonyl (C=O) groups is 2. The van der Waals surface area contributed by atoms with Gasteiger partial charge in [0.2, 0.25) is 0 Å². The van der Waals surface area contributed by atoms with Crippen LogP contribution in [-0.4, -0.2) is 52.9 Å². The molecule has 0 aliphatic heterocycles. The van der Waals surface area contributed by atoms with Crippen LogP contribution in [0, 0.1) is 5.41 Å². The van der Waals surface area contributed by atoms with Gasteiger partial charge in [0.25, 0.3) is 0 Å². The summed E-state index contributed by atoms with van der Waals surface area (Å²) in [6.45, 7) is 8.90. The fourth-order valence-corrected chi connectivity index (χ4v) is 1.42. The number of aliphatic hydroxyl groups excluding tert-OH is 1. The first kappa shape index (κ1) is 16.4. The van der Waals surface area contributed by atoms with Crippen molar-refractivity contribution in [3.05, 3.63) is 12.7 Å². The van der Waals surface area contributed by atoms with Gasteiger partial charge in [0.15, 0.2) is 0 Å². The van der Waals surface area contributed by atoms with Gasteiger partial charge >= 0.3 is 12.0 Å². The van der Waals surface area contributed by atoms with Gasteiger partial charge in [-0.3, -0.25) is 0 Å². The Morgan fingerprint density at radius 1 is 1.44 bits per heavy atom. The number of nitrogens with zero attached hydrogens (tertiary/aromatic N) is 1. The quantitative estimate of drug-likeness (QED) is 0.611. The molecule has 2 amide bonds. The predicted octanol–water partition coefficient (Wildman–Crippen LogP) is 0.676. The van der Waals surface area contributed by atoms with Crippen molar-refractivity contribution in [2.75, 3.05) is 19.7 Å². The molecule has 0 radical (unpaired) electrons. The largest absolute Gasteiger partial charge is 0.480 e. The lowest BCUT2D eigenvalue weighted by Gasteiger charge is -2.30. The summed E-state index contributed by atoms with van der Waals surface area (Å²) in [5.74, 6) is -1.08. The van der Waals surface area contributed by atoms with Gasteiger partial charge in [-0.15, -0.1) is 6.58 Å². The van der Waals surface area contributed by atoms with E-state index in [9.17, 15) is 9.59 Å². The maximum absolute atomic E-state index is 11.9. The molecule has 3 N–H and O–H groups in total. The highest BCUT2D eigenvalue weighted by Crippen LogP contribution is 2.19. The Morgan fingerprint density at radius 2 is 2.00 bits per heavy atom. The summed E-state index contributed by atoms with van der Waals surface area (Å²) >= 11 is 0. The van der Waals surface area contributed by atoms with E-state index in [0.29, 0.717) is 0 Å². The first-order valence-corrected chi connectivity index (χ1v) is 5.74. The topological polar surface area (TPSA) is 89.9 Å². The number of hydrogen-bond donors (Lipinski definition) is 3. The molecule has 0 saturated carbocycles. The summed E-state index contributed by atoms with van der Waals surface area (Å²) < 4.78 is 0. The third-order valence-corrected chi connectivity index (χ3v) is 2.39. The molecule has 18 heavy (non-hydrogen) atoms. The number of carbonyl (C=O) groups excluding carboxylic acids is 1. The standard InChI is InChI=1S/C12H22N2O4/c1-5-6-14(7-8-15)11(18)13-9(10(16)17)12(2,3)4/h5,9,15H,1,6-8H2,2-4H3,(H,13,18)(H,16,17)/t9-/m1/s1. The van der Waals surface area contributed by atoms with Gasteiger partial charge in [-0.2, -0.15) is 0 Å². The van der Waals surface area contributed by atoms with Crippen molar-refractivity contribution >= 4 is 12.0 Å². The first-order chi connectivity index (χ1) is 8.23. The molecule has 0 unspecified atom stereocenters. The van der Waals surface area contributed by atoms with Gasteiger partial charge in [0.05, 0.1) is 6.61 Å². The van der Waals surface area contributed by atoms with E-state index < -0.39 is 23.5 Å². The molecule has 0 rings (SSSR count). The van der Waals surface area contributed by atoms with Gasteiger partial charge in [-0.1, -0.05) is 26.8 Å². The molecule has 0 aromatic carbocycles. The molecule has 104 valence electrons. The maximum atomic E-state index is 11.9. The maximum Gasteiger partial charge on any atom is 0.326 e. The summed E-state index contributed by atoms with van der Waals surface area (Å²) in [6.07, 6.45) is 1.52. The zero-order valence-electron chi connectivity index (χ0n) is 11.1. The summed E-state index contributed by atoms with van der Waals surface area (Å²) in [6, 6.07) is -1.51. The summed E-state index contributed by atoms with van der Waals surface area (Å²) in [7, 11) is 0. The molecule has 0 aliphatic carbocycles. The van der Waals surface area contributed by atoms with E-state index in [1.54, 1.807) is 20.8 Å². The van der Waals surface area contributed by atoms with Crippen LogP contribution in [0.25, 0.3) is 0 Å². The zero-order valence-corrected chi connectivity index (χ0v) is 11.1. The van der Waals surface area contributed by atoms with Crippen molar-refractivity contribution in [2.24, 2.45) is 5.41 Å². The van der Waals surface area contributed by atoms with Gasteiger partial charge in [-0.25, -0.2) is 9.59 Å². The Balaban J connectivity index is 4.76. The Labute approximate surface area is 107 Å². The highest BCUT2D eigenvalue weighted by atomic mass is 16.4. The van der Waals surface area contributed by atoms with E-state index in [4.69, 9.17) is 10.2 Å². The van der Waals surface area contributed by atoms with Crippen molar-refractivity contribution in [3.8, 4) is 0 Å². The van der Waals surface area contributed by atoms with E-state index in [1.165, 1.54) is 11.0 Å². The lowest BCUT2D eigenvalue weighted by Crippen LogP contribution is -2.53. The monoisotopic (exact) mass is 258 g/mol. The minimum absolute atomic E-state index is 0.133. The Kier molecular flexibility index (Phi) is 6.40. The van der Waals surface area contributed by atoms with Gasteiger partial charge in [-0.05, 0) is 5.41 Å².